The van der Waals surface area contributed by atoms with Crippen molar-refractivity contribution >= 4 is 28.9 Å². The summed E-state index contributed by atoms with van der Waals surface area (Å²) in [5.74, 6) is 0.657. The van der Waals surface area contributed by atoms with Crippen molar-refractivity contribution in [2.45, 2.75) is 45.6 Å². The standard InChI is InChI=1S/C14H19Cl2N5/c1-3-4-5-6-9(2)21-14(18-19-20-21)10-7-11(15)13(16)12(17)8-10/h7-9H,3-6,17H2,1-2H3. The lowest BCUT2D eigenvalue weighted by Crippen LogP contribution is -2.09. The summed E-state index contributed by atoms with van der Waals surface area (Å²) in [7, 11) is 0. The zero-order valence-corrected chi connectivity index (χ0v) is 13.7. The lowest BCUT2D eigenvalue weighted by atomic mass is 10.1. The fourth-order valence-electron chi connectivity index (χ4n) is 2.23. The molecule has 21 heavy (non-hydrogen) atoms. The highest BCUT2D eigenvalue weighted by molar-refractivity contribution is 6.43. The summed E-state index contributed by atoms with van der Waals surface area (Å²) in [6.07, 6.45) is 4.59. The van der Waals surface area contributed by atoms with E-state index in [0.717, 1.165) is 18.4 Å². The van der Waals surface area contributed by atoms with Crippen LogP contribution in [0.1, 0.15) is 45.6 Å². The van der Waals surface area contributed by atoms with Crippen molar-refractivity contribution in [3.63, 3.8) is 0 Å². The van der Waals surface area contributed by atoms with E-state index in [1.54, 1.807) is 12.1 Å². The Labute approximate surface area is 134 Å². The third kappa shape index (κ3) is 3.66. The molecule has 0 spiro atoms. The molecule has 1 heterocycles. The van der Waals surface area contributed by atoms with Crippen LogP contribution in [0.3, 0.4) is 0 Å². The summed E-state index contributed by atoms with van der Waals surface area (Å²) in [6, 6.07) is 3.70. The Hall–Kier alpha value is -1.33. The third-order valence-electron chi connectivity index (χ3n) is 3.45. The van der Waals surface area contributed by atoms with E-state index in [9.17, 15) is 0 Å². The molecule has 0 bridgehead atoms. The maximum absolute atomic E-state index is 6.08. The third-order valence-corrected chi connectivity index (χ3v) is 4.27. The number of halogens is 2. The number of unbranched alkanes of at least 4 members (excludes halogenated alkanes) is 2. The van der Waals surface area contributed by atoms with Gasteiger partial charge in [-0.05, 0) is 35.9 Å². The Morgan fingerprint density at radius 1 is 1.29 bits per heavy atom. The van der Waals surface area contributed by atoms with Gasteiger partial charge in [-0.2, -0.15) is 0 Å². The van der Waals surface area contributed by atoms with Gasteiger partial charge < -0.3 is 5.73 Å². The number of nitrogens with zero attached hydrogens (tertiary/aromatic N) is 4. The second-order valence-corrected chi connectivity index (χ2v) is 5.94. The van der Waals surface area contributed by atoms with E-state index in [4.69, 9.17) is 28.9 Å². The van der Waals surface area contributed by atoms with Crippen molar-refractivity contribution in [3.8, 4) is 11.4 Å². The molecule has 1 aromatic carbocycles. The molecular formula is C14H19Cl2N5. The molecule has 7 heteroatoms. The molecule has 114 valence electrons. The van der Waals surface area contributed by atoms with Gasteiger partial charge in [-0.25, -0.2) is 4.68 Å². The first-order valence-electron chi connectivity index (χ1n) is 7.07. The van der Waals surface area contributed by atoms with Crippen LogP contribution in [0.15, 0.2) is 12.1 Å². The van der Waals surface area contributed by atoms with Gasteiger partial charge in [0.15, 0.2) is 5.82 Å². The van der Waals surface area contributed by atoms with Gasteiger partial charge in [-0.3, -0.25) is 0 Å². The number of nitrogen functional groups attached to an aromatic ring is 1. The first-order chi connectivity index (χ1) is 10.0. The largest absolute Gasteiger partial charge is 0.397 e. The van der Waals surface area contributed by atoms with Crippen LogP contribution in [0.5, 0.6) is 0 Å². The molecule has 0 saturated heterocycles. The SMILES string of the molecule is CCCCCC(C)n1nnnc1-c1cc(N)c(Cl)c(Cl)c1. The van der Waals surface area contributed by atoms with Crippen molar-refractivity contribution < 1.29 is 0 Å². The number of aromatic nitrogens is 4. The molecule has 0 radical (unpaired) electrons. The Morgan fingerprint density at radius 3 is 2.71 bits per heavy atom. The maximum atomic E-state index is 6.08. The fraction of sp³-hybridized carbons (Fsp3) is 0.500. The van der Waals surface area contributed by atoms with Crippen LogP contribution in [0, 0.1) is 0 Å². The first kappa shape index (κ1) is 16.0. The molecule has 0 amide bonds. The van der Waals surface area contributed by atoms with Crippen LogP contribution >= 0.6 is 23.2 Å². The highest BCUT2D eigenvalue weighted by Crippen LogP contribution is 2.33. The topological polar surface area (TPSA) is 69.6 Å². The van der Waals surface area contributed by atoms with Crippen LogP contribution in [-0.4, -0.2) is 20.2 Å². The normalized spacial score (nSPS) is 12.6. The molecule has 2 aromatic rings. The molecule has 1 unspecified atom stereocenters. The minimum absolute atomic E-state index is 0.220. The average molecular weight is 328 g/mol. The molecule has 2 N–H and O–H groups in total. The van der Waals surface area contributed by atoms with E-state index in [-0.39, 0.29) is 6.04 Å². The Morgan fingerprint density at radius 2 is 2.05 bits per heavy atom. The highest BCUT2D eigenvalue weighted by Gasteiger charge is 2.16. The molecule has 0 fully saturated rings. The van der Waals surface area contributed by atoms with E-state index in [1.807, 2.05) is 4.68 Å². The smallest absolute Gasteiger partial charge is 0.182 e. The monoisotopic (exact) mass is 327 g/mol. The number of anilines is 1. The van der Waals surface area contributed by atoms with Gasteiger partial charge in [0.25, 0.3) is 0 Å². The first-order valence-corrected chi connectivity index (χ1v) is 7.83. The summed E-state index contributed by atoms with van der Waals surface area (Å²) in [6.45, 7) is 4.29. The van der Waals surface area contributed by atoms with Gasteiger partial charge >= 0.3 is 0 Å². The Bertz CT molecular complexity index is 588. The van der Waals surface area contributed by atoms with Crippen molar-refractivity contribution in [2.24, 2.45) is 0 Å². The molecular weight excluding hydrogens is 309 g/mol. The summed E-state index contributed by atoms with van der Waals surface area (Å²) in [4.78, 5) is 0. The predicted octanol–water partition coefficient (Wildman–Crippen LogP) is 4.37. The van der Waals surface area contributed by atoms with Crippen LogP contribution in [0.4, 0.5) is 5.69 Å². The highest BCUT2D eigenvalue weighted by atomic mass is 35.5. The van der Waals surface area contributed by atoms with E-state index < -0.39 is 0 Å². The van der Waals surface area contributed by atoms with E-state index in [2.05, 4.69) is 29.4 Å². The summed E-state index contributed by atoms with van der Waals surface area (Å²) in [5.41, 5.74) is 7.05. The van der Waals surface area contributed by atoms with Gasteiger partial charge in [0.05, 0.1) is 21.8 Å². The van der Waals surface area contributed by atoms with Gasteiger partial charge in [-0.15, -0.1) is 5.10 Å². The van der Waals surface area contributed by atoms with Gasteiger partial charge in [0.2, 0.25) is 0 Å². The number of hydrogen-bond acceptors (Lipinski definition) is 4. The predicted molar refractivity (Wildman–Crippen MR) is 86.5 cm³/mol. The zero-order chi connectivity index (χ0) is 15.4. The fourth-order valence-corrected chi connectivity index (χ4v) is 2.57. The zero-order valence-electron chi connectivity index (χ0n) is 12.2. The van der Waals surface area contributed by atoms with Crippen molar-refractivity contribution in [1.29, 1.82) is 0 Å². The van der Waals surface area contributed by atoms with Crippen LogP contribution in [-0.2, 0) is 0 Å². The lowest BCUT2D eigenvalue weighted by molar-refractivity contribution is 0.432. The maximum Gasteiger partial charge on any atom is 0.182 e. The summed E-state index contributed by atoms with van der Waals surface area (Å²) < 4.78 is 1.81. The number of rotatable bonds is 6. The minimum Gasteiger partial charge on any atom is -0.397 e. The molecule has 1 aromatic heterocycles. The van der Waals surface area contributed by atoms with Crippen LogP contribution < -0.4 is 5.73 Å². The van der Waals surface area contributed by atoms with Crippen molar-refractivity contribution in [2.75, 3.05) is 5.73 Å². The number of benzene rings is 1. The number of hydrogen-bond donors (Lipinski definition) is 1. The van der Waals surface area contributed by atoms with Crippen molar-refractivity contribution in [1.82, 2.24) is 20.2 Å². The summed E-state index contributed by atoms with van der Waals surface area (Å²) >= 11 is 12.1. The second-order valence-electron chi connectivity index (χ2n) is 5.15. The van der Waals surface area contributed by atoms with Gasteiger partial charge in [0, 0.05) is 5.56 Å². The Kier molecular flexibility index (Phi) is 5.42. The quantitative estimate of drug-likeness (QED) is 0.631. The molecule has 0 saturated carbocycles. The lowest BCUT2D eigenvalue weighted by Gasteiger charge is -2.14. The molecule has 2 rings (SSSR count). The number of tetrazole rings is 1. The number of nitrogens with two attached hydrogens (primary N) is 1. The average Bonchev–Trinajstić information content (AvgIpc) is 2.94. The molecule has 1 atom stereocenters. The second kappa shape index (κ2) is 7.09. The van der Waals surface area contributed by atoms with Crippen molar-refractivity contribution in [3.05, 3.63) is 22.2 Å². The molecule has 0 aliphatic carbocycles. The Balaban J connectivity index is 2.28. The minimum atomic E-state index is 0.220. The van der Waals surface area contributed by atoms with E-state index in [1.165, 1.54) is 12.8 Å². The summed E-state index contributed by atoms with van der Waals surface area (Å²) in [5, 5.41) is 12.7. The van der Waals surface area contributed by atoms with Crippen LogP contribution in [0.2, 0.25) is 10.0 Å². The van der Waals surface area contributed by atoms with E-state index >= 15 is 0 Å². The van der Waals surface area contributed by atoms with Gasteiger partial charge in [-0.1, -0.05) is 49.4 Å². The molecule has 0 aliphatic heterocycles. The molecule has 5 nitrogen and oxygen atoms in total. The van der Waals surface area contributed by atoms with Crippen LogP contribution in [0.25, 0.3) is 11.4 Å². The van der Waals surface area contributed by atoms with Gasteiger partial charge in [0.1, 0.15) is 0 Å². The van der Waals surface area contributed by atoms with E-state index in [0.29, 0.717) is 21.6 Å². The molecule has 0 aliphatic rings.